The summed E-state index contributed by atoms with van der Waals surface area (Å²) in [4.78, 5) is 0. The summed E-state index contributed by atoms with van der Waals surface area (Å²) in [5, 5.41) is 11.3. The zero-order valence-electron chi connectivity index (χ0n) is 12.2. The van der Waals surface area contributed by atoms with Gasteiger partial charge in [0.1, 0.15) is 5.75 Å². The average molecular weight is 345 g/mol. The lowest BCUT2D eigenvalue weighted by molar-refractivity contribution is 0.466. The summed E-state index contributed by atoms with van der Waals surface area (Å²) < 4.78 is 0. The number of aryl methyl sites for hydroxylation is 5. The van der Waals surface area contributed by atoms with Crippen molar-refractivity contribution < 1.29 is 5.11 Å². The fourth-order valence-electron chi connectivity index (χ4n) is 3.08. The van der Waals surface area contributed by atoms with Gasteiger partial charge in [-0.2, -0.15) is 0 Å². The molecule has 0 aliphatic heterocycles. The van der Waals surface area contributed by atoms with Crippen LogP contribution in [0.2, 0.25) is 0 Å². The van der Waals surface area contributed by atoms with Crippen molar-refractivity contribution in [3.05, 3.63) is 64.2 Å². The number of alkyl halides is 1. The fourth-order valence-corrected chi connectivity index (χ4v) is 3.36. The highest BCUT2D eigenvalue weighted by molar-refractivity contribution is 9.09. The molecule has 0 unspecified atom stereocenters. The topological polar surface area (TPSA) is 20.2 Å². The van der Waals surface area contributed by atoms with E-state index in [-0.39, 0.29) is 0 Å². The standard InChI is InChI=1S/C19H21BrO/c20-11-1-2-16-12-18-10-8-15-5-3-14(4-6-15)7-9-17(16)13-19(18)21/h3-6,12-13,21H,1-2,7-11H2. The van der Waals surface area contributed by atoms with Crippen LogP contribution in [0.3, 0.4) is 0 Å². The molecule has 4 bridgehead atoms. The number of aromatic hydroxyl groups is 1. The molecule has 110 valence electrons. The summed E-state index contributed by atoms with van der Waals surface area (Å²) in [7, 11) is 0. The van der Waals surface area contributed by atoms with Gasteiger partial charge in [0.15, 0.2) is 0 Å². The van der Waals surface area contributed by atoms with Gasteiger partial charge in [-0.3, -0.25) is 0 Å². The molecule has 4 aliphatic carbocycles. The molecule has 4 aliphatic rings. The van der Waals surface area contributed by atoms with Gasteiger partial charge < -0.3 is 5.11 Å². The summed E-state index contributed by atoms with van der Waals surface area (Å²) in [6, 6.07) is 13.2. The van der Waals surface area contributed by atoms with Crippen LogP contribution in [0.1, 0.15) is 34.2 Å². The second kappa shape index (κ2) is 6.65. The SMILES string of the molecule is Oc1cc2c(CCCBr)cc1CCc1ccc(cc1)CC2. The van der Waals surface area contributed by atoms with Crippen LogP contribution in [0.25, 0.3) is 0 Å². The molecule has 0 saturated heterocycles. The van der Waals surface area contributed by atoms with Crippen molar-refractivity contribution in [2.75, 3.05) is 5.33 Å². The number of phenols is 1. The highest BCUT2D eigenvalue weighted by atomic mass is 79.9. The molecule has 0 amide bonds. The summed E-state index contributed by atoms with van der Waals surface area (Å²) in [5.74, 6) is 0.475. The number of phenolic OH excluding ortho intramolecular Hbond substituents is 1. The predicted molar refractivity (Wildman–Crippen MR) is 91.5 cm³/mol. The monoisotopic (exact) mass is 344 g/mol. The third kappa shape index (κ3) is 3.49. The molecule has 0 atom stereocenters. The third-order valence-corrected chi connectivity index (χ3v) is 4.93. The lowest BCUT2D eigenvalue weighted by Gasteiger charge is -2.15. The first-order valence-corrected chi connectivity index (χ1v) is 8.86. The Morgan fingerprint density at radius 2 is 1.48 bits per heavy atom. The van der Waals surface area contributed by atoms with Gasteiger partial charge in [0.05, 0.1) is 0 Å². The van der Waals surface area contributed by atoms with Crippen molar-refractivity contribution in [3.8, 4) is 5.75 Å². The first-order chi connectivity index (χ1) is 10.3. The molecule has 6 rings (SSSR count). The Hall–Kier alpha value is -1.28. The number of hydrogen-bond donors (Lipinski definition) is 1. The van der Waals surface area contributed by atoms with Crippen LogP contribution in [-0.2, 0) is 32.1 Å². The Balaban J connectivity index is 1.97. The van der Waals surface area contributed by atoms with Crippen molar-refractivity contribution in [3.63, 3.8) is 0 Å². The first kappa shape index (κ1) is 14.6. The smallest absolute Gasteiger partial charge is 0.119 e. The third-order valence-electron chi connectivity index (χ3n) is 4.37. The minimum Gasteiger partial charge on any atom is -0.508 e. The van der Waals surface area contributed by atoms with Gasteiger partial charge >= 0.3 is 0 Å². The van der Waals surface area contributed by atoms with Crippen molar-refractivity contribution in [2.45, 2.75) is 38.5 Å². The van der Waals surface area contributed by atoms with Gasteiger partial charge in [0.25, 0.3) is 0 Å². The van der Waals surface area contributed by atoms with Crippen LogP contribution >= 0.6 is 15.9 Å². The van der Waals surface area contributed by atoms with E-state index in [2.05, 4.69) is 46.3 Å². The predicted octanol–water partition coefficient (Wildman–Crippen LogP) is 4.60. The number of rotatable bonds is 3. The Morgan fingerprint density at radius 1 is 0.857 bits per heavy atom. The molecular weight excluding hydrogens is 324 g/mol. The zero-order chi connectivity index (χ0) is 14.7. The van der Waals surface area contributed by atoms with Crippen molar-refractivity contribution in [1.29, 1.82) is 0 Å². The Kier molecular flexibility index (Phi) is 4.64. The molecule has 0 fully saturated rings. The van der Waals surface area contributed by atoms with Crippen LogP contribution < -0.4 is 0 Å². The summed E-state index contributed by atoms with van der Waals surface area (Å²) in [5.41, 5.74) is 6.55. The van der Waals surface area contributed by atoms with Crippen LogP contribution in [0.4, 0.5) is 0 Å². The van der Waals surface area contributed by atoms with E-state index in [1.54, 1.807) is 0 Å². The number of halogens is 1. The van der Waals surface area contributed by atoms with Crippen LogP contribution in [-0.4, -0.2) is 10.4 Å². The van der Waals surface area contributed by atoms with Crippen LogP contribution in [0.15, 0.2) is 36.4 Å². The molecule has 2 aromatic carbocycles. The van der Waals surface area contributed by atoms with Gasteiger partial charge in [-0.15, -0.1) is 0 Å². The molecule has 0 spiro atoms. The van der Waals surface area contributed by atoms with E-state index in [4.69, 9.17) is 0 Å². The molecule has 0 saturated carbocycles. The number of hydrogen-bond acceptors (Lipinski definition) is 1. The van der Waals surface area contributed by atoms with E-state index in [0.29, 0.717) is 5.75 Å². The Morgan fingerprint density at radius 3 is 2.10 bits per heavy atom. The van der Waals surface area contributed by atoms with E-state index in [0.717, 1.165) is 49.4 Å². The molecule has 0 heterocycles. The summed E-state index contributed by atoms with van der Waals surface area (Å²) in [6.07, 6.45) is 6.18. The van der Waals surface area contributed by atoms with Gasteiger partial charge in [-0.25, -0.2) is 0 Å². The second-order valence-corrected chi connectivity index (χ2v) is 6.65. The van der Waals surface area contributed by atoms with Gasteiger partial charge in [-0.1, -0.05) is 46.3 Å². The maximum Gasteiger partial charge on any atom is 0.119 e. The maximum atomic E-state index is 10.3. The molecule has 21 heavy (non-hydrogen) atoms. The Labute approximate surface area is 135 Å². The second-order valence-electron chi connectivity index (χ2n) is 5.86. The molecule has 1 N–H and O–H groups in total. The maximum absolute atomic E-state index is 10.3. The average Bonchev–Trinajstić information content (AvgIpc) is 2.49. The van der Waals surface area contributed by atoms with Crippen molar-refractivity contribution in [1.82, 2.24) is 0 Å². The van der Waals surface area contributed by atoms with E-state index in [9.17, 15) is 5.11 Å². The van der Waals surface area contributed by atoms with E-state index in [1.807, 2.05) is 6.07 Å². The lowest BCUT2D eigenvalue weighted by Crippen LogP contribution is -2.03. The highest BCUT2D eigenvalue weighted by Gasteiger charge is 2.11. The minimum atomic E-state index is 0.475. The normalized spacial score (nSPS) is 14.0. The number of benzene rings is 2. The fraction of sp³-hybridized carbons (Fsp3) is 0.368. The first-order valence-electron chi connectivity index (χ1n) is 7.73. The van der Waals surface area contributed by atoms with Gasteiger partial charge in [-0.05, 0) is 72.4 Å². The zero-order valence-corrected chi connectivity index (χ0v) is 13.8. The highest BCUT2D eigenvalue weighted by Crippen LogP contribution is 2.27. The molecule has 2 heteroatoms. The van der Waals surface area contributed by atoms with E-state index in [1.165, 1.54) is 22.3 Å². The largest absolute Gasteiger partial charge is 0.508 e. The Bertz CT molecular complexity index is 616. The van der Waals surface area contributed by atoms with Crippen molar-refractivity contribution in [2.24, 2.45) is 0 Å². The molecule has 0 radical (unpaired) electrons. The lowest BCUT2D eigenvalue weighted by atomic mass is 9.91. The summed E-state index contributed by atoms with van der Waals surface area (Å²) >= 11 is 3.52. The van der Waals surface area contributed by atoms with Crippen LogP contribution in [0.5, 0.6) is 5.75 Å². The van der Waals surface area contributed by atoms with Crippen molar-refractivity contribution >= 4 is 15.9 Å². The molecular formula is C19H21BrO. The minimum absolute atomic E-state index is 0.475. The molecule has 0 aromatic heterocycles. The molecule has 2 aromatic rings. The van der Waals surface area contributed by atoms with E-state index < -0.39 is 0 Å². The summed E-state index contributed by atoms with van der Waals surface area (Å²) in [6.45, 7) is 0. The van der Waals surface area contributed by atoms with Gasteiger partial charge in [0.2, 0.25) is 0 Å². The van der Waals surface area contributed by atoms with Gasteiger partial charge in [0, 0.05) is 5.33 Å². The van der Waals surface area contributed by atoms with E-state index >= 15 is 0 Å². The van der Waals surface area contributed by atoms with Crippen LogP contribution in [0, 0.1) is 0 Å². The molecule has 1 nitrogen and oxygen atoms in total. The quantitative estimate of drug-likeness (QED) is 0.806.